The monoisotopic (exact) mass is 363 g/mol. The van der Waals surface area contributed by atoms with E-state index in [4.69, 9.17) is 0 Å². The van der Waals surface area contributed by atoms with Crippen LogP contribution in [0.5, 0.6) is 5.75 Å². The van der Waals surface area contributed by atoms with Crippen LogP contribution in [0.2, 0.25) is 0 Å². The molecule has 2 aliphatic rings. The number of fused-ring (bicyclic) bond motifs is 1. The van der Waals surface area contributed by atoms with E-state index in [1.54, 1.807) is 12.3 Å². The lowest BCUT2D eigenvalue weighted by Crippen LogP contribution is -2.26. The van der Waals surface area contributed by atoms with Gasteiger partial charge in [0.15, 0.2) is 0 Å². The van der Waals surface area contributed by atoms with Crippen molar-refractivity contribution < 1.29 is 17.9 Å². The summed E-state index contributed by atoms with van der Waals surface area (Å²) in [5.41, 5.74) is 2.28. The zero-order valence-corrected chi connectivity index (χ0v) is 14.4. The number of rotatable bonds is 3. The first-order valence-corrected chi connectivity index (χ1v) is 8.63. The minimum atomic E-state index is -4.70. The Kier molecular flexibility index (Phi) is 4.26. The number of hydrogen-bond donors (Lipinski definition) is 0. The number of hydrogen-bond acceptors (Lipinski definition) is 4. The topological polar surface area (TPSA) is 28.6 Å². The summed E-state index contributed by atoms with van der Waals surface area (Å²) >= 11 is 0. The molecule has 7 heteroatoms. The third-order valence-corrected chi connectivity index (χ3v) is 5.15. The third kappa shape index (κ3) is 3.62. The number of alkyl halides is 3. The lowest BCUT2D eigenvalue weighted by Gasteiger charge is -2.21. The van der Waals surface area contributed by atoms with Gasteiger partial charge in [-0.15, -0.1) is 13.2 Å². The van der Waals surface area contributed by atoms with Crippen molar-refractivity contribution in [3.05, 3.63) is 42.6 Å². The van der Waals surface area contributed by atoms with Gasteiger partial charge >= 0.3 is 6.36 Å². The quantitative estimate of drug-likeness (QED) is 0.832. The highest BCUT2D eigenvalue weighted by Crippen LogP contribution is 2.34. The number of nitrogens with zero attached hydrogens (tertiary/aromatic N) is 3. The number of halogens is 3. The van der Waals surface area contributed by atoms with Crippen LogP contribution in [0.1, 0.15) is 0 Å². The van der Waals surface area contributed by atoms with Gasteiger partial charge in [-0.25, -0.2) is 0 Å². The van der Waals surface area contributed by atoms with E-state index >= 15 is 0 Å². The molecule has 0 aliphatic carbocycles. The summed E-state index contributed by atoms with van der Waals surface area (Å²) in [6, 6.07) is 9.73. The van der Waals surface area contributed by atoms with Crippen molar-refractivity contribution >= 4 is 5.69 Å². The Bertz CT molecular complexity index is 764. The average molecular weight is 363 g/mol. The van der Waals surface area contributed by atoms with Gasteiger partial charge in [-0.05, 0) is 43.1 Å². The molecule has 2 atom stereocenters. The summed E-state index contributed by atoms with van der Waals surface area (Å²) < 4.78 is 41.1. The molecule has 138 valence electrons. The molecule has 3 heterocycles. The van der Waals surface area contributed by atoms with E-state index in [0.29, 0.717) is 23.1 Å². The first-order chi connectivity index (χ1) is 12.4. The van der Waals surface area contributed by atoms with Crippen molar-refractivity contribution in [3.63, 3.8) is 0 Å². The zero-order valence-electron chi connectivity index (χ0n) is 14.4. The van der Waals surface area contributed by atoms with Crippen molar-refractivity contribution in [1.82, 2.24) is 9.88 Å². The van der Waals surface area contributed by atoms with Crippen molar-refractivity contribution in [2.75, 3.05) is 38.1 Å². The molecule has 0 amide bonds. The Labute approximate surface area is 150 Å². The molecule has 4 rings (SSSR count). The third-order valence-electron chi connectivity index (χ3n) is 5.15. The first-order valence-electron chi connectivity index (χ1n) is 8.63. The highest BCUT2D eigenvalue weighted by Gasteiger charge is 2.38. The van der Waals surface area contributed by atoms with Crippen molar-refractivity contribution in [1.29, 1.82) is 0 Å². The van der Waals surface area contributed by atoms with E-state index in [2.05, 4.69) is 26.6 Å². The lowest BCUT2D eigenvalue weighted by molar-refractivity contribution is -0.274. The summed E-state index contributed by atoms with van der Waals surface area (Å²) in [6.45, 7) is 4.34. The lowest BCUT2D eigenvalue weighted by atomic mass is 10.0. The second kappa shape index (κ2) is 6.46. The van der Waals surface area contributed by atoms with Gasteiger partial charge in [0.2, 0.25) is 0 Å². The maximum absolute atomic E-state index is 12.4. The molecule has 0 spiro atoms. The maximum atomic E-state index is 12.4. The summed E-state index contributed by atoms with van der Waals surface area (Å²) in [7, 11) is 2.16. The molecule has 0 radical (unpaired) electrons. The zero-order chi connectivity index (χ0) is 18.3. The minimum absolute atomic E-state index is 0.239. The highest BCUT2D eigenvalue weighted by molar-refractivity contribution is 5.63. The number of benzene rings is 1. The van der Waals surface area contributed by atoms with Crippen molar-refractivity contribution in [3.8, 4) is 17.0 Å². The highest BCUT2D eigenvalue weighted by atomic mass is 19.4. The molecule has 2 aromatic rings. The molecule has 2 aliphatic heterocycles. The van der Waals surface area contributed by atoms with Crippen LogP contribution < -0.4 is 9.64 Å². The molecule has 0 bridgehead atoms. The number of ether oxygens (including phenoxy) is 1. The van der Waals surface area contributed by atoms with E-state index in [0.717, 1.165) is 31.9 Å². The molecule has 1 aromatic heterocycles. The molecule has 26 heavy (non-hydrogen) atoms. The summed E-state index contributed by atoms with van der Waals surface area (Å²) in [6.07, 6.45) is -2.89. The van der Waals surface area contributed by atoms with Crippen molar-refractivity contribution in [2.24, 2.45) is 11.8 Å². The van der Waals surface area contributed by atoms with Gasteiger partial charge < -0.3 is 14.5 Å². The van der Waals surface area contributed by atoms with E-state index in [-0.39, 0.29) is 5.75 Å². The van der Waals surface area contributed by atoms with E-state index < -0.39 is 6.36 Å². The van der Waals surface area contributed by atoms with E-state index in [1.165, 1.54) is 18.2 Å². The average Bonchev–Trinajstić information content (AvgIpc) is 3.11. The smallest absolute Gasteiger partial charge is 0.406 e. The molecule has 0 N–H and O–H groups in total. The van der Waals surface area contributed by atoms with Crippen LogP contribution in [-0.2, 0) is 0 Å². The fourth-order valence-corrected chi connectivity index (χ4v) is 4.03. The molecule has 0 saturated carbocycles. The van der Waals surface area contributed by atoms with Crippen LogP contribution in [0.15, 0.2) is 42.6 Å². The minimum Gasteiger partial charge on any atom is -0.406 e. The fourth-order valence-electron chi connectivity index (χ4n) is 4.03. The Morgan fingerprint density at radius 1 is 1.04 bits per heavy atom. The van der Waals surface area contributed by atoms with Gasteiger partial charge in [-0.1, -0.05) is 12.1 Å². The molecule has 2 unspecified atom stereocenters. The maximum Gasteiger partial charge on any atom is 0.573 e. The van der Waals surface area contributed by atoms with Crippen LogP contribution in [0.25, 0.3) is 11.3 Å². The van der Waals surface area contributed by atoms with Crippen LogP contribution in [0, 0.1) is 11.8 Å². The van der Waals surface area contributed by atoms with Gasteiger partial charge in [0.1, 0.15) is 5.75 Å². The summed E-state index contributed by atoms with van der Waals surface area (Å²) in [5, 5.41) is 0. The molecular formula is C19H20F3N3O. The van der Waals surface area contributed by atoms with E-state index in [1.807, 2.05) is 12.1 Å². The molecule has 1 aromatic carbocycles. The van der Waals surface area contributed by atoms with Crippen LogP contribution in [0.4, 0.5) is 18.9 Å². The van der Waals surface area contributed by atoms with Crippen LogP contribution in [-0.4, -0.2) is 49.5 Å². The Balaban J connectivity index is 1.48. The van der Waals surface area contributed by atoms with Gasteiger partial charge in [0.05, 0.1) is 17.6 Å². The van der Waals surface area contributed by atoms with Gasteiger partial charge in [0.25, 0.3) is 0 Å². The number of likely N-dealkylation sites (tertiary alicyclic amines) is 1. The molecule has 2 saturated heterocycles. The van der Waals surface area contributed by atoms with Crippen molar-refractivity contribution in [2.45, 2.75) is 6.36 Å². The Morgan fingerprint density at radius 3 is 2.38 bits per heavy atom. The van der Waals surface area contributed by atoms with Crippen LogP contribution >= 0.6 is 0 Å². The second-order valence-electron chi connectivity index (χ2n) is 7.12. The predicted octanol–water partition coefficient (Wildman–Crippen LogP) is 3.65. The van der Waals surface area contributed by atoms with E-state index in [9.17, 15) is 13.2 Å². The van der Waals surface area contributed by atoms with Gasteiger partial charge in [-0.3, -0.25) is 4.98 Å². The molecule has 2 fully saturated rings. The Hall–Kier alpha value is -2.28. The predicted molar refractivity (Wildman–Crippen MR) is 93.0 cm³/mol. The fraction of sp³-hybridized carbons (Fsp3) is 0.421. The normalized spacial score (nSPS) is 23.3. The van der Waals surface area contributed by atoms with Gasteiger partial charge in [-0.2, -0.15) is 0 Å². The molecule has 4 nitrogen and oxygen atoms in total. The number of anilines is 1. The standard InChI is InChI=1S/C19H20F3N3O/c1-24-9-14-11-25(12-15(14)10-24)16-5-6-18(23-8-16)13-3-2-4-17(7-13)26-19(20,21)22/h2-8,14-15H,9-12H2,1H3. The Morgan fingerprint density at radius 2 is 1.77 bits per heavy atom. The number of aromatic nitrogens is 1. The SMILES string of the molecule is CN1CC2CN(c3ccc(-c4cccc(OC(F)(F)F)c4)nc3)CC2C1. The summed E-state index contributed by atoms with van der Waals surface area (Å²) in [5.74, 6) is 1.17. The first kappa shape index (κ1) is 17.1. The van der Waals surface area contributed by atoms with Gasteiger partial charge in [0, 0.05) is 31.7 Å². The second-order valence-corrected chi connectivity index (χ2v) is 7.12. The largest absolute Gasteiger partial charge is 0.573 e. The summed E-state index contributed by atoms with van der Waals surface area (Å²) in [4.78, 5) is 9.18. The van der Waals surface area contributed by atoms with Crippen LogP contribution in [0.3, 0.4) is 0 Å². The molecular weight excluding hydrogens is 343 g/mol. The number of pyridine rings is 1.